The number of para-hydroxylation sites is 1. The predicted octanol–water partition coefficient (Wildman–Crippen LogP) is 4.23. The molecule has 0 radical (unpaired) electrons. The molecule has 0 bridgehead atoms. The van der Waals surface area contributed by atoms with Crippen LogP contribution in [-0.4, -0.2) is 16.8 Å². The van der Waals surface area contributed by atoms with Crippen molar-refractivity contribution >= 4 is 0 Å². The average molecular weight is 332 g/mol. The molecule has 24 heavy (non-hydrogen) atoms. The van der Waals surface area contributed by atoms with E-state index in [1.165, 1.54) is 6.07 Å². The first-order chi connectivity index (χ1) is 11.6. The fourth-order valence-corrected chi connectivity index (χ4v) is 2.14. The molecule has 0 fully saturated rings. The molecule has 0 saturated carbocycles. The van der Waals surface area contributed by atoms with E-state index in [1.807, 2.05) is 6.07 Å². The molecule has 0 aliphatic rings. The summed E-state index contributed by atoms with van der Waals surface area (Å²) in [4.78, 5) is 4.15. The summed E-state index contributed by atoms with van der Waals surface area (Å²) in [5, 5.41) is 3.85. The third kappa shape index (κ3) is 3.87. The van der Waals surface area contributed by atoms with Gasteiger partial charge < -0.3 is 14.0 Å². The Labute approximate surface area is 136 Å². The zero-order valence-electron chi connectivity index (χ0n) is 12.8. The number of halogens is 2. The lowest BCUT2D eigenvalue weighted by Crippen LogP contribution is -2.06. The Bertz CT molecular complexity index is 821. The molecule has 3 rings (SSSR count). The summed E-state index contributed by atoms with van der Waals surface area (Å²) < 4.78 is 39.9. The normalized spacial score (nSPS) is 10.8. The van der Waals surface area contributed by atoms with Gasteiger partial charge in [-0.2, -0.15) is 13.8 Å². The van der Waals surface area contributed by atoms with Gasteiger partial charge in [-0.25, -0.2) is 0 Å². The van der Waals surface area contributed by atoms with Gasteiger partial charge in [0.2, 0.25) is 11.7 Å². The van der Waals surface area contributed by atoms with Gasteiger partial charge in [0.05, 0.1) is 0 Å². The Kier molecular flexibility index (Phi) is 4.69. The predicted molar refractivity (Wildman–Crippen MR) is 81.9 cm³/mol. The van der Waals surface area contributed by atoms with E-state index in [4.69, 9.17) is 9.26 Å². The summed E-state index contributed by atoms with van der Waals surface area (Å²) in [6.45, 7) is -1.08. The van der Waals surface area contributed by atoms with Crippen molar-refractivity contribution in [2.45, 2.75) is 20.1 Å². The topological polar surface area (TPSA) is 57.4 Å². The second-order valence-electron chi connectivity index (χ2n) is 4.94. The van der Waals surface area contributed by atoms with E-state index >= 15 is 0 Å². The highest BCUT2D eigenvalue weighted by atomic mass is 19.3. The van der Waals surface area contributed by atoms with Crippen molar-refractivity contribution in [1.29, 1.82) is 0 Å². The van der Waals surface area contributed by atoms with E-state index in [0.717, 1.165) is 5.56 Å². The quantitative estimate of drug-likeness (QED) is 0.676. The highest BCUT2D eigenvalue weighted by Crippen LogP contribution is 2.25. The van der Waals surface area contributed by atoms with Crippen LogP contribution in [0.25, 0.3) is 11.4 Å². The summed E-state index contributed by atoms with van der Waals surface area (Å²) in [7, 11) is 0. The first kappa shape index (κ1) is 15.9. The summed E-state index contributed by atoms with van der Waals surface area (Å²) in [5.74, 6) is 1.58. The van der Waals surface area contributed by atoms with Crippen LogP contribution in [0.4, 0.5) is 8.78 Å². The minimum absolute atomic E-state index is 0.0949. The van der Waals surface area contributed by atoms with Crippen molar-refractivity contribution in [2.24, 2.45) is 0 Å². The van der Waals surface area contributed by atoms with Crippen LogP contribution in [0.3, 0.4) is 0 Å². The van der Waals surface area contributed by atoms with Crippen LogP contribution in [0.2, 0.25) is 0 Å². The average Bonchev–Trinajstić information content (AvgIpc) is 3.00. The third-order valence-electron chi connectivity index (χ3n) is 3.20. The Morgan fingerprint density at radius 1 is 1.12 bits per heavy atom. The molecule has 124 valence electrons. The van der Waals surface area contributed by atoms with E-state index in [2.05, 4.69) is 14.9 Å². The second-order valence-corrected chi connectivity index (χ2v) is 4.94. The van der Waals surface area contributed by atoms with Crippen molar-refractivity contribution in [3.8, 4) is 22.9 Å². The molecule has 2 aromatic carbocycles. The Morgan fingerprint density at radius 2 is 1.96 bits per heavy atom. The van der Waals surface area contributed by atoms with E-state index < -0.39 is 6.61 Å². The van der Waals surface area contributed by atoms with Crippen molar-refractivity contribution in [3.05, 3.63) is 60.0 Å². The maximum atomic E-state index is 12.4. The van der Waals surface area contributed by atoms with Crippen LogP contribution in [0.15, 0.2) is 53.1 Å². The zero-order chi connectivity index (χ0) is 16.9. The van der Waals surface area contributed by atoms with E-state index in [1.54, 1.807) is 43.3 Å². The largest absolute Gasteiger partial charge is 0.489 e. The van der Waals surface area contributed by atoms with Gasteiger partial charge in [0.25, 0.3) is 0 Å². The second kappa shape index (κ2) is 7.08. The molecule has 1 heterocycles. The molecule has 0 saturated heterocycles. The fraction of sp³-hybridized carbons (Fsp3) is 0.176. The van der Waals surface area contributed by atoms with Crippen LogP contribution in [0, 0.1) is 6.92 Å². The molecule has 0 N–H and O–H groups in total. The molecular formula is C17H14F2N2O3. The van der Waals surface area contributed by atoms with Gasteiger partial charge in [0.1, 0.15) is 18.1 Å². The van der Waals surface area contributed by atoms with Gasteiger partial charge >= 0.3 is 6.61 Å². The molecule has 1 aromatic heterocycles. The standard InChI is InChI=1S/C17H14F2N2O3/c1-11-20-16(21-24-11)12-6-4-7-14(9-12)22-10-13-5-2-3-8-15(13)23-17(18)19/h2-9,17H,10H2,1H3. The zero-order valence-corrected chi connectivity index (χ0v) is 12.8. The monoisotopic (exact) mass is 332 g/mol. The molecule has 0 spiro atoms. The molecule has 0 aliphatic heterocycles. The Hall–Kier alpha value is -2.96. The maximum absolute atomic E-state index is 12.4. The third-order valence-corrected chi connectivity index (χ3v) is 3.20. The highest BCUT2D eigenvalue weighted by molar-refractivity contribution is 5.56. The lowest BCUT2D eigenvalue weighted by atomic mass is 10.2. The summed E-state index contributed by atoms with van der Waals surface area (Å²) in [6, 6.07) is 13.6. The maximum Gasteiger partial charge on any atom is 0.387 e. The van der Waals surface area contributed by atoms with E-state index in [-0.39, 0.29) is 12.4 Å². The summed E-state index contributed by atoms with van der Waals surface area (Å²) in [6.07, 6.45) is 0. The Morgan fingerprint density at radius 3 is 2.71 bits per heavy atom. The number of ether oxygens (including phenoxy) is 2. The molecule has 7 heteroatoms. The van der Waals surface area contributed by atoms with Crippen molar-refractivity contribution in [1.82, 2.24) is 10.1 Å². The van der Waals surface area contributed by atoms with E-state index in [9.17, 15) is 8.78 Å². The molecule has 0 aliphatic carbocycles. The number of rotatable bonds is 6. The van der Waals surface area contributed by atoms with Gasteiger partial charge in [-0.1, -0.05) is 35.5 Å². The van der Waals surface area contributed by atoms with Gasteiger partial charge in [-0.3, -0.25) is 0 Å². The Balaban J connectivity index is 1.74. The van der Waals surface area contributed by atoms with Gasteiger partial charge in [-0.15, -0.1) is 0 Å². The van der Waals surface area contributed by atoms with E-state index in [0.29, 0.717) is 23.0 Å². The van der Waals surface area contributed by atoms with Crippen LogP contribution < -0.4 is 9.47 Å². The highest BCUT2D eigenvalue weighted by Gasteiger charge is 2.10. The first-order valence-corrected chi connectivity index (χ1v) is 7.18. The fourth-order valence-electron chi connectivity index (χ4n) is 2.14. The van der Waals surface area contributed by atoms with Crippen LogP contribution >= 0.6 is 0 Å². The van der Waals surface area contributed by atoms with Crippen molar-refractivity contribution in [2.75, 3.05) is 0 Å². The number of hydrogen-bond acceptors (Lipinski definition) is 5. The minimum Gasteiger partial charge on any atom is -0.489 e. The van der Waals surface area contributed by atoms with Crippen LogP contribution in [-0.2, 0) is 6.61 Å². The molecule has 3 aromatic rings. The first-order valence-electron chi connectivity index (χ1n) is 7.18. The minimum atomic E-state index is -2.88. The molecule has 0 unspecified atom stereocenters. The molecule has 5 nitrogen and oxygen atoms in total. The van der Waals surface area contributed by atoms with Crippen molar-refractivity contribution < 1.29 is 22.8 Å². The van der Waals surface area contributed by atoms with Gasteiger partial charge in [-0.05, 0) is 18.2 Å². The van der Waals surface area contributed by atoms with Crippen molar-refractivity contribution in [3.63, 3.8) is 0 Å². The summed E-state index contributed by atoms with van der Waals surface area (Å²) >= 11 is 0. The lowest BCUT2D eigenvalue weighted by Gasteiger charge is -2.12. The van der Waals surface area contributed by atoms with Gasteiger partial charge in [0, 0.05) is 18.1 Å². The number of aryl methyl sites for hydroxylation is 1. The smallest absolute Gasteiger partial charge is 0.387 e. The van der Waals surface area contributed by atoms with Crippen LogP contribution in [0.1, 0.15) is 11.5 Å². The molecular weight excluding hydrogens is 318 g/mol. The summed E-state index contributed by atoms with van der Waals surface area (Å²) in [5.41, 5.74) is 1.26. The number of hydrogen-bond donors (Lipinski definition) is 0. The number of aromatic nitrogens is 2. The van der Waals surface area contributed by atoms with Gasteiger partial charge in [0.15, 0.2) is 0 Å². The lowest BCUT2D eigenvalue weighted by molar-refractivity contribution is -0.0508. The number of nitrogens with zero attached hydrogens (tertiary/aromatic N) is 2. The molecule has 0 atom stereocenters. The number of alkyl halides is 2. The molecule has 0 amide bonds. The SMILES string of the molecule is Cc1nc(-c2cccc(OCc3ccccc3OC(F)F)c2)no1. The number of benzene rings is 2. The van der Waals surface area contributed by atoms with Crippen LogP contribution in [0.5, 0.6) is 11.5 Å².